The molecule has 0 bridgehead atoms. The highest BCUT2D eigenvalue weighted by molar-refractivity contribution is 5.68. The number of rotatable bonds is 10. The highest BCUT2D eigenvalue weighted by Crippen LogP contribution is 2.26. The lowest BCUT2D eigenvalue weighted by Gasteiger charge is -2.25. The van der Waals surface area contributed by atoms with Crippen molar-refractivity contribution in [2.45, 2.75) is 38.9 Å². The SMILES string of the molecule is c1ccc(-c2cc(NCc3cccnc3)n3ncc(CN4CCCCC4)c3n2)cc1.c1ccc(-c2cc(NCc3cccnc3)n3nccc3n2)cc1. The standard InChI is InChI=1S/C24H26N6.C18H15N5/c1-3-9-20(10-4-1)22-14-23(26-16-19-8-7-11-25-15-19)30-24(28-22)21(17-27-30)18-29-12-5-2-6-13-29;1-2-6-15(7-3-1)16-11-18(23-17(22-16)8-10-21-23)20-13-14-5-4-9-19-12-14/h1,3-4,7-11,14-15,17,26H,2,5-6,12-13,16,18H2;1-12,20H,13H2. The van der Waals surface area contributed by atoms with Crippen LogP contribution in [0.4, 0.5) is 11.6 Å². The lowest BCUT2D eigenvalue weighted by Crippen LogP contribution is -2.29. The van der Waals surface area contributed by atoms with Gasteiger partial charge in [-0.2, -0.15) is 19.2 Å². The van der Waals surface area contributed by atoms with E-state index in [4.69, 9.17) is 4.98 Å². The first-order valence-corrected chi connectivity index (χ1v) is 18.1. The van der Waals surface area contributed by atoms with Crippen LogP contribution in [0.1, 0.15) is 36.0 Å². The van der Waals surface area contributed by atoms with Gasteiger partial charge in [0.15, 0.2) is 11.3 Å². The molecule has 0 saturated carbocycles. The van der Waals surface area contributed by atoms with E-state index in [-0.39, 0.29) is 0 Å². The average Bonchev–Trinajstić information content (AvgIpc) is 3.88. The van der Waals surface area contributed by atoms with E-state index in [1.807, 2.05) is 82.2 Å². The topological polar surface area (TPSA) is 113 Å². The van der Waals surface area contributed by atoms with Crippen LogP contribution in [0.5, 0.6) is 0 Å². The van der Waals surface area contributed by atoms with E-state index < -0.39 is 0 Å². The zero-order valence-corrected chi connectivity index (χ0v) is 29.5. The van der Waals surface area contributed by atoms with Crippen LogP contribution in [0.2, 0.25) is 0 Å². The monoisotopic (exact) mass is 699 g/mol. The van der Waals surface area contributed by atoms with Gasteiger partial charge in [-0.25, -0.2) is 9.97 Å². The van der Waals surface area contributed by atoms with Crippen LogP contribution in [0, 0.1) is 0 Å². The first kappa shape index (κ1) is 33.7. The number of piperidine rings is 1. The Labute approximate surface area is 308 Å². The fourth-order valence-electron chi connectivity index (χ4n) is 6.55. The van der Waals surface area contributed by atoms with E-state index in [9.17, 15) is 0 Å². The Morgan fingerprint density at radius 3 is 1.75 bits per heavy atom. The van der Waals surface area contributed by atoms with Gasteiger partial charge in [0.05, 0.1) is 23.8 Å². The third-order valence-electron chi connectivity index (χ3n) is 9.28. The number of benzene rings is 2. The predicted octanol–water partition coefficient (Wildman–Crippen LogP) is 7.79. The summed E-state index contributed by atoms with van der Waals surface area (Å²) in [6, 6.07) is 34.5. The Morgan fingerprint density at radius 1 is 0.547 bits per heavy atom. The fourth-order valence-corrected chi connectivity index (χ4v) is 6.55. The molecule has 11 nitrogen and oxygen atoms in total. The van der Waals surface area contributed by atoms with Gasteiger partial charge in [-0.05, 0) is 49.2 Å². The largest absolute Gasteiger partial charge is 0.366 e. The molecule has 2 N–H and O–H groups in total. The van der Waals surface area contributed by atoms with Gasteiger partial charge in [0.1, 0.15) is 11.6 Å². The molecule has 6 aromatic heterocycles. The van der Waals surface area contributed by atoms with Gasteiger partial charge >= 0.3 is 0 Å². The van der Waals surface area contributed by atoms with Gasteiger partial charge in [-0.15, -0.1) is 0 Å². The maximum absolute atomic E-state index is 5.01. The summed E-state index contributed by atoms with van der Waals surface area (Å²) < 4.78 is 3.74. The van der Waals surface area contributed by atoms with Crippen molar-refractivity contribution in [3.05, 3.63) is 157 Å². The van der Waals surface area contributed by atoms with Crippen molar-refractivity contribution in [1.29, 1.82) is 0 Å². The molecule has 1 aliphatic rings. The molecule has 11 heteroatoms. The van der Waals surface area contributed by atoms with Crippen molar-refractivity contribution in [1.82, 2.24) is 44.1 Å². The van der Waals surface area contributed by atoms with Crippen LogP contribution in [0.25, 0.3) is 33.8 Å². The zero-order chi connectivity index (χ0) is 35.7. The Morgan fingerprint density at radius 2 is 1.15 bits per heavy atom. The van der Waals surface area contributed by atoms with Crippen LogP contribution in [0.15, 0.2) is 140 Å². The number of nitrogens with zero attached hydrogens (tertiary/aromatic N) is 9. The van der Waals surface area contributed by atoms with E-state index in [0.29, 0.717) is 13.1 Å². The molecule has 0 unspecified atom stereocenters. The third kappa shape index (κ3) is 8.21. The van der Waals surface area contributed by atoms with Gasteiger partial charge in [0.2, 0.25) is 0 Å². The zero-order valence-electron chi connectivity index (χ0n) is 29.5. The van der Waals surface area contributed by atoms with Crippen molar-refractivity contribution in [3.8, 4) is 22.5 Å². The van der Waals surface area contributed by atoms with Gasteiger partial charge < -0.3 is 10.6 Å². The maximum Gasteiger partial charge on any atom is 0.162 e. The van der Waals surface area contributed by atoms with Crippen LogP contribution in [0.3, 0.4) is 0 Å². The number of hydrogen-bond acceptors (Lipinski definition) is 9. The molecule has 53 heavy (non-hydrogen) atoms. The van der Waals surface area contributed by atoms with Gasteiger partial charge in [0, 0.05) is 79.3 Å². The van der Waals surface area contributed by atoms with Crippen LogP contribution in [-0.2, 0) is 19.6 Å². The second-order valence-corrected chi connectivity index (χ2v) is 13.1. The first-order valence-electron chi connectivity index (χ1n) is 18.1. The molecular formula is C42H41N11. The molecule has 9 rings (SSSR count). The first-order chi connectivity index (χ1) is 26.3. The van der Waals surface area contributed by atoms with Crippen molar-refractivity contribution in [3.63, 3.8) is 0 Å². The average molecular weight is 700 g/mol. The number of fused-ring (bicyclic) bond motifs is 2. The lowest BCUT2D eigenvalue weighted by atomic mass is 10.1. The minimum atomic E-state index is 0.682. The molecule has 8 aromatic rings. The molecule has 0 atom stereocenters. The summed E-state index contributed by atoms with van der Waals surface area (Å²) in [5.41, 5.74) is 9.24. The Balaban J connectivity index is 0.000000156. The minimum absolute atomic E-state index is 0.682. The van der Waals surface area contributed by atoms with Gasteiger partial charge in [0.25, 0.3) is 0 Å². The Bertz CT molecular complexity index is 2350. The van der Waals surface area contributed by atoms with Gasteiger partial charge in [-0.1, -0.05) is 79.2 Å². The highest BCUT2D eigenvalue weighted by atomic mass is 15.3. The summed E-state index contributed by atoms with van der Waals surface area (Å²) in [5.74, 6) is 1.84. The summed E-state index contributed by atoms with van der Waals surface area (Å²) in [4.78, 5) is 20.5. The molecule has 0 radical (unpaired) electrons. The summed E-state index contributed by atoms with van der Waals surface area (Å²) >= 11 is 0. The van der Waals surface area contributed by atoms with E-state index in [2.05, 4.69) is 89.2 Å². The van der Waals surface area contributed by atoms with Crippen LogP contribution in [-0.4, -0.2) is 57.2 Å². The van der Waals surface area contributed by atoms with Crippen molar-refractivity contribution in [2.75, 3.05) is 23.7 Å². The smallest absolute Gasteiger partial charge is 0.162 e. The molecule has 0 amide bonds. The molecule has 1 fully saturated rings. The van der Waals surface area contributed by atoms with Gasteiger partial charge in [-0.3, -0.25) is 14.9 Å². The summed E-state index contributed by atoms with van der Waals surface area (Å²) in [6.45, 7) is 4.57. The van der Waals surface area contributed by atoms with Crippen molar-refractivity contribution in [2.24, 2.45) is 0 Å². The molecule has 1 aliphatic heterocycles. The van der Waals surface area contributed by atoms with E-state index in [1.165, 1.54) is 24.8 Å². The summed E-state index contributed by atoms with van der Waals surface area (Å²) in [7, 11) is 0. The Kier molecular flexibility index (Phi) is 10.3. The highest BCUT2D eigenvalue weighted by Gasteiger charge is 2.17. The second-order valence-electron chi connectivity index (χ2n) is 13.1. The third-order valence-corrected chi connectivity index (χ3v) is 9.28. The van der Waals surface area contributed by atoms with E-state index >= 15 is 0 Å². The maximum atomic E-state index is 5.01. The fraction of sp³-hybridized carbons (Fsp3) is 0.190. The molecular weight excluding hydrogens is 659 g/mol. The Hall–Kier alpha value is -6.46. The molecule has 264 valence electrons. The van der Waals surface area contributed by atoms with Crippen LogP contribution < -0.4 is 10.6 Å². The number of pyridine rings is 2. The number of likely N-dealkylation sites (tertiary alicyclic amines) is 1. The number of aromatic nitrogens is 8. The second kappa shape index (κ2) is 16.3. The lowest BCUT2D eigenvalue weighted by molar-refractivity contribution is 0.221. The quantitative estimate of drug-likeness (QED) is 0.148. The number of anilines is 2. The van der Waals surface area contributed by atoms with Crippen LogP contribution >= 0.6 is 0 Å². The summed E-state index contributed by atoms with van der Waals surface area (Å²) in [5, 5.41) is 16.0. The van der Waals surface area contributed by atoms with E-state index in [0.717, 1.165) is 76.2 Å². The predicted molar refractivity (Wildman–Crippen MR) is 209 cm³/mol. The molecule has 7 heterocycles. The minimum Gasteiger partial charge on any atom is -0.366 e. The number of hydrogen-bond donors (Lipinski definition) is 2. The van der Waals surface area contributed by atoms with Crippen molar-refractivity contribution < 1.29 is 0 Å². The van der Waals surface area contributed by atoms with Crippen molar-refractivity contribution >= 4 is 22.9 Å². The summed E-state index contributed by atoms with van der Waals surface area (Å²) in [6.07, 6.45) is 14.9. The normalized spacial score (nSPS) is 13.1. The van der Waals surface area contributed by atoms with E-state index in [1.54, 1.807) is 18.6 Å². The molecule has 2 aromatic carbocycles. The molecule has 0 aliphatic carbocycles. The molecule has 0 spiro atoms. The molecule has 1 saturated heterocycles. The number of nitrogens with one attached hydrogen (secondary N) is 2.